The number of anilines is 2. The molecule has 2 rings (SSSR count). The van der Waals surface area contributed by atoms with E-state index in [-0.39, 0.29) is 17.5 Å². The maximum absolute atomic E-state index is 11.0. The summed E-state index contributed by atoms with van der Waals surface area (Å²) in [5, 5.41) is 11.0. The monoisotopic (exact) mass is 263 g/mol. The van der Waals surface area contributed by atoms with Gasteiger partial charge >= 0.3 is 5.69 Å². The van der Waals surface area contributed by atoms with Crippen LogP contribution < -0.4 is 10.6 Å². The molecule has 0 saturated heterocycles. The standard InChI is InChI=1S/C11H13N5O3/c1-2-15(7-8-4-3-5-19-8)10-9(16(17)18)6-13-11(12)14-10/h3-6H,2,7H2,1H3,(H2,12,13,14). The molecular weight excluding hydrogens is 250 g/mol. The highest BCUT2D eigenvalue weighted by molar-refractivity contribution is 5.58. The first-order chi connectivity index (χ1) is 9.11. The van der Waals surface area contributed by atoms with Crippen molar-refractivity contribution >= 4 is 17.5 Å². The van der Waals surface area contributed by atoms with E-state index in [0.717, 1.165) is 6.20 Å². The Morgan fingerprint density at radius 1 is 1.58 bits per heavy atom. The molecule has 0 saturated carbocycles. The lowest BCUT2D eigenvalue weighted by molar-refractivity contribution is -0.384. The van der Waals surface area contributed by atoms with Crippen LogP contribution in [0.3, 0.4) is 0 Å². The molecule has 8 nitrogen and oxygen atoms in total. The number of nitrogen functional groups attached to an aromatic ring is 1. The van der Waals surface area contributed by atoms with E-state index in [1.807, 2.05) is 6.92 Å². The van der Waals surface area contributed by atoms with Crippen molar-refractivity contribution < 1.29 is 9.34 Å². The van der Waals surface area contributed by atoms with Gasteiger partial charge in [-0.15, -0.1) is 0 Å². The summed E-state index contributed by atoms with van der Waals surface area (Å²) in [5.74, 6) is 0.878. The molecule has 2 aromatic rings. The average Bonchev–Trinajstić information content (AvgIpc) is 2.88. The fourth-order valence-electron chi connectivity index (χ4n) is 1.67. The summed E-state index contributed by atoms with van der Waals surface area (Å²) in [7, 11) is 0. The largest absolute Gasteiger partial charge is 0.467 e. The van der Waals surface area contributed by atoms with Crippen molar-refractivity contribution in [2.45, 2.75) is 13.5 Å². The molecule has 0 aromatic carbocycles. The van der Waals surface area contributed by atoms with Crippen LogP contribution in [0, 0.1) is 10.1 Å². The third-order valence-electron chi connectivity index (χ3n) is 2.57. The Bertz CT molecular complexity index is 570. The molecule has 0 radical (unpaired) electrons. The van der Waals surface area contributed by atoms with Gasteiger partial charge in [-0.05, 0) is 19.1 Å². The van der Waals surface area contributed by atoms with Crippen molar-refractivity contribution in [3.8, 4) is 0 Å². The molecule has 0 aliphatic heterocycles. The maximum atomic E-state index is 11.0. The van der Waals surface area contributed by atoms with Crippen LogP contribution in [-0.4, -0.2) is 21.4 Å². The van der Waals surface area contributed by atoms with Crippen LogP contribution in [-0.2, 0) is 6.54 Å². The van der Waals surface area contributed by atoms with Crippen molar-refractivity contribution in [3.05, 3.63) is 40.5 Å². The van der Waals surface area contributed by atoms with E-state index in [4.69, 9.17) is 10.2 Å². The van der Waals surface area contributed by atoms with Gasteiger partial charge in [-0.3, -0.25) is 10.1 Å². The van der Waals surface area contributed by atoms with E-state index >= 15 is 0 Å². The molecule has 0 amide bonds. The van der Waals surface area contributed by atoms with Crippen molar-refractivity contribution in [2.75, 3.05) is 17.2 Å². The van der Waals surface area contributed by atoms with Gasteiger partial charge < -0.3 is 15.1 Å². The summed E-state index contributed by atoms with van der Waals surface area (Å²) in [5.41, 5.74) is 5.32. The molecule has 2 heterocycles. The molecule has 2 aromatic heterocycles. The zero-order valence-electron chi connectivity index (χ0n) is 10.3. The SMILES string of the molecule is CCN(Cc1ccco1)c1nc(N)ncc1[N+](=O)[O-]. The molecule has 0 atom stereocenters. The van der Waals surface area contributed by atoms with Crippen LogP contribution in [0.5, 0.6) is 0 Å². The molecule has 8 heteroatoms. The summed E-state index contributed by atoms with van der Waals surface area (Å²) in [6, 6.07) is 3.55. The predicted molar refractivity (Wildman–Crippen MR) is 68.5 cm³/mol. The summed E-state index contributed by atoms with van der Waals surface area (Å²) in [6.07, 6.45) is 2.66. The molecule has 0 bridgehead atoms. The average molecular weight is 263 g/mol. The molecule has 19 heavy (non-hydrogen) atoms. The lowest BCUT2D eigenvalue weighted by Gasteiger charge is -2.20. The van der Waals surface area contributed by atoms with Gasteiger partial charge in [0.25, 0.3) is 0 Å². The van der Waals surface area contributed by atoms with Gasteiger partial charge in [0.05, 0.1) is 17.7 Å². The zero-order valence-corrected chi connectivity index (χ0v) is 10.3. The Hall–Kier alpha value is -2.64. The molecule has 0 fully saturated rings. The van der Waals surface area contributed by atoms with Crippen LogP contribution >= 0.6 is 0 Å². The van der Waals surface area contributed by atoms with Gasteiger partial charge in [0.1, 0.15) is 12.0 Å². The fourth-order valence-corrected chi connectivity index (χ4v) is 1.67. The number of hydrogen-bond acceptors (Lipinski definition) is 7. The molecule has 0 aliphatic carbocycles. The van der Waals surface area contributed by atoms with Crippen LogP contribution in [0.1, 0.15) is 12.7 Å². The van der Waals surface area contributed by atoms with Gasteiger partial charge in [-0.1, -0.05) is 0 Å². The normalized spacial score (nSPS) is 10.4. The van der Waals surface area contributed by atoms with Crippen molar-refractivity contribution in [1.82, 2.24) is 9.97 Å². The Labute approximate surface area is 109 Å². The first-order valence-corrected chi connectivity index (χ1v) is 5.66. The van der Waals surface area contributed by atoms with Crippen molar-refractivity contribution in [3.63, 3.8) is 0 Å². The number of hydrogen-bond donors (Lipinski definition) is 1. The van der Waals surface area contributed by atoms with Gasteiger partial charge in [0.2, 0.25) is 11.8 Å². The molecule has 2 N–H and O–H groups in total. The molecule has 0 spiro atoms. The van der Waals surface area contributed by atoms with E-state index in [1.54, 1.807) is 23.3 Å². The summed E-state index contributed by atoms with van der Waals surface area (Å²) >= 11 is 0. The minimum atomic E-state index is -0.528. The van der Waals surface area contributed by atoms with E-state index < -0.39 is 4.92 Å². The first-order valence-electron chi connectivity index (χ1n) is 5.66. The van der Waals surface area contributed by atoms with Gasteiger partial charge in [-0.2, -0.15) is 4.98 Å². The van der Waals surface area contributed by atoms with Gasteiger partial charge in [-0.25, -0.2) is 4.98 Å². The highest BCUT2D eigenvalue weighted by atomic mass is 16.6. The Morgan fingerprint density at radius 3 is 2.95 bits per heavy atom. The summed E-state index contributed by atoms with van der Waals surface area (Å²) < 4.78 is 5.23. The molecule has 100 valence electrons. The van der Waals surface area contributed by atoms with E-state index in [2.05, 4.69) is 9.97 Å². The van der Waals surface area contributed by atoms with Crippen LogP contribution in [0.15, 0.2) is 29.0 Å². The topological polar surface area (TPSA) is 111 Å². The molecular formula is C11H13N5O3. The Balaban J connectivity index is 2.36. The Morgan fingerprint density at radius 2 is 2.37 bits per heavy atom. The smallest absolute Gasteiger partial charge is 0.329 e. The predicted octanol–water partition coefficient (Wildman–Crippen LogP) is 1.59. The number of nitrogens with zero attached hydrogens (tertiary/aromatic N) is 4. The third-order valence-corrected chi connectivity index (χ3v) is 2.57. The first kappa shape index (κ1) is 12.8. The molecule has 0 aliphatic rings. The van der Waals surface area contributed by atoms with Gasteiger partial charge in [0.15, 0.2) is 0 Å². The zero-order chi connectivity index (χ0) is 13.8. The minimum Gasteiger partial charge on any atom is -0.467 e. The third kappa shape index (κ3) is 2.79. The second-order valence-electron chi connectivity index (χ2n) is 3.79. The Kier molecular flexibility index (Phi) is 3.60. The second kappa shape index (κ2) is 5.34. The number of rotatable bonds is 5. The molecule has 0 unspecified atom stereocenters. The lowest BCUT2D eigenvalue weighted by Crippen LogP contribution is -2.24. The quantitative estimate of drug-likeness (QED) is 0.643. The van der Waals surface area contributed by atoms with E-state index in [9.17, 15) is 10.1 Å². The number of nitrogens with two attached hydrogens (primary N) is 1. The highest BCUT2D eigenvalue weighted by Gasteiger charge is 2.22. The highest BCUT2D eigenvalue weighted by Crippen LogP contribution is 2.26. The van der Waals surface area contributed by atoms with Crippen molar-refractivity contribution in [2.24, 2.45) is 0 Å². The van der Waals surface area contributed by atoms with Crippen LogP contribution in [0.4, 0.5) is 17.5 Å². The lowest BCUT2D eigenvalue weighted by atomic mass is 10.3. The van der Waals surface area contributed by atoms with Crippen molar-refractivity contribution in [1.29, 1.82) is 0 Å². The second-order valence-corrected chi connectivity index (χ2v) is 3.79. The maximum Gasteiger partial charge on any atom is 0.329 e. The number of furan rings is 1. The van der Waals surface area contributed by atoms with Gasteiger partial charge in [0, 0.05) is 6.54 Å². The van der Waals surface area contributed by atoms with E-state index in [0.29, 0.717) is 18.8 Å². The minimum absolute atomic E-state index is 0.00139. The van der Waals surface area contributed by atoms with E-state index in [1.165, 1.54) is 0 Å². The van der Waals surface area contributed by atoms with Crippen LogP contribution in [0.2, 0.25) is 0 Å². The number of nitro groups is 1. The fraction of sp³-hybridized carbons (Fsp3) is 0.273. The summed E-state index contributed by atoms with van der Waals surface area (Å²) in [6.45, 7) is 2.77. The number of aromatic nitrogens is 2. The van der Waals surface area contributed by atoms with Crippen LogP contribution in [0.25, 0.3) is 0 Å². The summed E-state index contributed by atoms with van der Waals surface area (Å²) in [4.78, 5) is 19.8.